The number of aliphatic carboxylic acids is 1. The molecule has 0 fully saturated rings. The molecule has 0 aromatic heterocycles. The molecule has 0 aliphatic heterocycles. The Morgan fingerprint density at radius 2 is 1.41 bits per heavy atom. The highest BCUT2D eigenvalue weighted by Gasteiger charge is 2.17. The zero-order valence-electron chi connectivity index (χ0n) is 12.4. The van der Waals surface area contributed by atoms with Crippen LogP contribution in [0.25, 0.3) is 0 Å². The second-order valence-electron chi connectivity index (χ2n) is 5.41. The van der Waals surface area contributed by atoms with Crippen molar-refractivity contribution in [2.75, 3.05) is 0 Å². The normalized spacial score (nSPS) is 12.6. The molecular weight excluding hydrogens is 274 g/mol. The second kappa shape index (κ2) is 8.15. The molecule has 3 N–H and O–H groups in total. The Morgan fingerprint density at radius 1 is 0.955 bits per heavy atom. The number of hydrogen-bond acceptors (Lipinski definition) is 2. The fourth-order valence-corrected chi connectivity index (χ4v) is 2.53. The molecule has 0 saturated heterocycles. The third kappa shape index (κ3) is 5.19. The Labute approximate surface area is 131 Å². The van der Waals surface area contributed by atoms with Crippen molar-refractivity contribution >= 4 is 5.97 Å². The Morgan fingerprint density at radius 3 is 1.82 bits per heavy atom. The van der Waals surface area contributed by atoms with E-state index in [9.17, 15) is 4.79 Å². The van der Waals surface area contributed by atoms with Crippen molar-refractivity contribution in [2.24, 2.45) is 11.7 Å². The number of carbonyl (C=O) groups is 1. The lowest BCUT2D eigenvalue weighted by Gasteiger charge is -2.22. The van der Waals surface area contributed by atoms with E-state index in [2.05, 4.69) is 24.3 Å². The summed E-state index contributed by atoms with van der Waals surface area (Å²) in [5.74, 6) is -0.811. The van der Waals surface area contributed by atoms with E-state index in [1.807, 2.05) is 36.4 Å². The van der Waals surface area contributed by atoms with E-state index in [0.717, 1.165) is 18.9 Å². The molecule has 1 unspecified atom stereocenters. The first-order valence-corrected chi connectivity index (χ1v) is 7.39. The average molecular weight is 295 g/mol. The molecule has 0 bridgehead atoms. The summed E-state index contributed by atoms with van der Waals surface area (Å²) in [6.07, 6.45) is 4.36. The van der Waals surface area contributed by atoms with Gasteiger partial charge in [0.1, 0.15) is 0 Å². The van der Waals surface area contributed by atoms with Gasteiger partial charge in [-0.25, -0.2) is 4.79 Å². The summed E-state index contributed by atoms with van der Waals surface area (Å²) in [6, 6.07) is 20.0. The topological polar surface area (TPSA) is 63.3 Å². The van der Waals surface area contributed by atoms with Gasteiger partial charge >= 0.3 is 5.97 Å². The predicted octanol–water partition coefficient (Wildman–Crippen LogP) is 3.06. The van der Waals surface area contributed by atoms with Crippen molar-refractivity contribution in [3.05, 3.63) is 83.9 Å². The van der Waals surface area contributed by atoms with Crippen LogP contribution in [0.1, 0.15) is 11.1 Å². The quantitative estimate of drug-likeness (QED) is 0.772. The molecule has 0 amide bonds. The minimum absolute atomic E-state index is 0.153. The minimum atomic E-state index is -0.964. The summed E-state index contributed by atoms with van der Waals surface area (Å²) >= 11 is 0. The number of carboxylic acid groups (broad SMARTS) is 1. The predicted molar refractivity (Wildman–Crippen MR) is 88.5 cm³/mol. The molecule has 1 atom stereocenters. The smallest absolute Gasteiger partial charge is 0.328 e. The summed E-state index contributed by atoms with van der Waals surface area (Å²) in [7, 11) is 0. The van der Waals surface area contributed by atoms with E-state index in [1.165, 1.54) is 11.1 Å². The molecule has 0 saturated carbocycles. The van der Waals surface area contributed by atoms with E-state index in [1.54, 1.807) is 6.08 Å². The fourth-order valence-electron chi connectivity index (χ4n) is 2.53. The summed E-state index contributed by atoms with van der Waals surface area (Å²) in [4.78, 5) is 10.7. The lowest BCUT2D eigenvalue weighted by molar-refractivity contribution is -0.131. The molecule has 2 rings (SSSR count). The molecule has 3 nitrogen and oxygen atoms in total. The van der Waals surface area contributed by atoms with E-state index in [-0.39, 0.29) is 12.0 Å². The lowest BCUT2D eigenvalue weighted by atomic mass is 9.87. The summed E-state index contributed by atoms with van der Waals surface area (Å²) in [6.45, 7) is 0. The molecule has 0 aliphatic rings. The number of nitrogens with two attached hydrogens (primary N) is 1. The first-order chi connectivity index (χ1) is 10.6. The van der Waals surface area contributed by atoms with Crippen molar-refractivity contribution in [3.8, 4) is 0 Å². The molecule has 2 aromatic rings. The highest BCUT2D eigenvalue weighted by Crippen LogP contribution is 2.18. The van der Waals surface area contributed by atoms with Gasteiger partial charge in [0.15, 0.2) is 0 Å². The van der Waals surface area contributed by atoms with Gasteiger partial charge in [-0.05, 0) is 29.9 Å². The third-order valence-corrected chi connectivity index (χ3v) is 3.69. The van der Waals surface area contributed by atoms with Crippen molar-refractivity contribution in [2.45, 2.75) is 18.9 Å². The summed E-state index contributed by atoms with van der Waals surface area (Å²) in [5, 5.41) is 8.78. The van der Waals surface area contributed by atoms with Crippen molar-refractivity contribution < 1.29 is 9.90 Å². The molecule has 22 heavy (non-hydrogen) atoms. The number of benzene rings is 2. The Balaban J connectivity index is 2.14. The molecule has 0 heterocycles. The Kier molecular flexibility index (Phi) is 5.92. The monoisotopic (exact) mass is 295 g/mol. The molecule has 0 aliphatic carbocycles. The number of hydrogen-bond donors (Lipinski definition) is 2. The third-order valence-electron chi connectivity index (χ3n) is 3.69. The van der Waals surface area contributed by atoms with Gasteiger partial charge in [0.2, 0.25) is 0 Å². The van der Waals surface area contributed by atoms with Crippen molar-refractivity contribution in [1.82, 2.24) is 0 Å². The van der Waals surface area contributed by atoms with Gasteiger partial charge in [0.25, 0.3) is 0 Å². The highest BCUT2D eigenvalue weighted by molar-refractivity contribution is 5.79. The van der Waals surface area contributed by atoms with Crippen LogP contribution in [0.5, 0.6) is 0 Å². The van der Waals surface area contributed by atoms with Crippen LogP contribution >= 0.6 is 0 Å². The second-order valence-corrected chi connectivity index (χ2v) is 5.41. The zero-order chi connectivity index (χ0) is 15.8. The number of rotatable bonds is 7. The molecule has 114 valence electrons. The van der Waals surface area contributed by atoms with Crippen LogP contribution in [-0.2, 0) is 17.6 Å². The van der Waals surface area contributed by atoms with Gasteiger partial charge < -0.3 is 10.8 Å². The van der Waals surface area contributed by atoms with Gasteiger partial charge in [-0.1, -0.05) is 66.7 Å². The van der Waals surface area contributed by atoms with Gasteiger partial charge in [-0.3, -0.25) is 0 Å². The fraction of sp³-hybridized carbons (Fsp3) is 0.211. The van der Waals surface area contributed by atoms with Crippen LogP contribution in [0.3, 0.4) is 0 Å². The van der Waals surface area contributed by atoms with Crippen LogP contribution in [-0.4, -0.2) is 17.1 Å². The van der Waals surface area contributed by atoms with Gasteiger partial charge in [-0.15, -0.1) is 0 Å². The molecule has 3 heteroatoms. The number of carboxylic acids is 1. The van der Waals surface area contributed by atoms with E-state index in [4.69, 9.17) is 10.8 Å². The molecule has 0 spiro atoms. The lowest BCUT2D eigenvalue weighted by Crippen LogP contribution is -2.31. The van der Waals surface area contributed by atoms with Crippen LogP contribution in [0.2, 0.25) is 0 Å². The summed E-state index contributed by atoms with van der Waals surface area (Å²) in [5.41, 5.74) is 8.63. The highest BCUT2D eigenvalue weighted by atomic mass is 16.4. The largest absolute Gasteiger partial charge is 0.478 e. The van der Waals surface area contributed by atoms with Crippen molar-refractivity contribution in [1.29, 1.82) is 0 Å². The van der Waals surface area contributed by atoms with Crippen LogP contribution in [0, 0.1) is 5.92 Å². The molecular formula is C19H21NO2. The maximum atomic E-state index is 10.7. The zero-order valence-corrected chi connectivity index (χ0v) is 12.4. The van der Waals surface area contributed by atoms with Crippen LogP contribution < -0.4 is 5.73 Å². The van der Waals surface area contributed by atoms with Crippen LogP contribution in [0.4, 0.5) is 0 Å². The maximum Gasteiger partial charge on any atom is 0.328 e. The SMILES string of the molecule is NC(C=CC(=O)O)C(Cc1ccccc1)Cc1ccccc1. The standard InChI is InChI=1S/C19H21NO2/c20-18(11-12-19(21)22)17(13-15-7-3-1-4-8-15)14-16-9-5-2-6-10-16/h1-12,17-18H,13-14,20H2,(H,21,22). The van der Waals surface area contributed by atoms with Gasteiger partial charge in [0.05, 0.1) is 0 Å². The minimum Gasteiger partial charge on any atom is -0.478 e. The first-order valence-electron chi connectivity index (χ1n) is 7.39. The van der Waals surface area contributed by atoms with E-state index < -0.39 is 5.97 Å². The van der Waals surface area contributed by atoms with Crippen LogP contribution in [0.15, 0.2) is 72.8 Å². The summed E-state index contributed by atoms with van der Waals surface area (Å²) < 4.78 is 0. The maximum absolute atomic E-state index is 10.7. The Bertz CT molecular complexity index is 566. The molecule has 2 aromatic carbocycles. The van der Waals surface area contributed by atoms with Crippen molar-refractivity contribution in [3.63, 3.8) is 0 Å². The van der Waals surface area contributed by atoms with Gasteiger partial charge in [0, 0.05) is 12.1 Å². The van der Waals surface area contributed by atoms with E-state index >= 15 is 0 Å². The Hall–Kier alpha value is -2.39. The van der Waals surface area contributed by atoms with Gasteiger partial charge in [-0.2, -0.15) is 0 Å². The first kappa shape index (κ1) is 16.0. The average Bonchev–Trinajstić information content (AvgIpc) is 2.54. The molecule has 0 radical (unpaired) electrons. The van der Waals surface area contributed by atoms with E-state index in [0.29, 0.717) is 0 Å².